The number of aromatic nitrogens is 3. The van der Waals surface area contributed by atoms with Gasteiger partial charge in [0.2, 0.25) is 0 Å². The van der Waals surface area contributed by atoms with E-state index in [2.05, 4.69) is 15.5 Å². The van der Waals surface area contributed by atoms with Crippen molar-refractivity contribution in [2.24, 2.45) is 13.0 Å². The quantitative estimate of drug-likeness (QED) is 0.701. The first-order chi connectivity index (χ1) is 7.72. The van der Waals surface area contributed by atoms with Crippen molar-refractivity contribution < 1.29 is 5.11 Å². The molecule has 6 heteroatoms. The van der Waals surface area contributed by atoms with Crippen LogP contribution in [0.5, 0.6) is 0 Å². The monoisotopic (exact) mass is 242 g/mol. The third-order valence-corrected chi connectivity index (χ3v) is 4.55. The summed E-state index contributed by atoms with van der Waals surface area (Å²) in [5, 5.41) is 21.6. The van der Waals surface area contributed by atoms with Crippen LogP contribution in [0.2, 0.25) is 0 Å². The van der Waals surface area contributed by atoms with Gasteiger partial charge >= 0.3 is 0 Å². The Hall–Kier alpha value is -0.590. The van der Waals surface area contributed by atoms with E-state index in [0.717, 1.165) is 10.9 Å². The Morgan fingerprint density at radius 3 is 2.88 bits per heavy atom. The van der Waals surface area contributed by atoms with E-state index in [-0.39, 0.29) is 12.1 Å². The van der Waals surface area contributed by atoms with Crippen molar-refractivity contribution >= 4 is 11.8 Å². The normalized spacial score (nSPS) is 19.7. The number of hydrogen-bond acceptors (Lipinski definition) is 5. The van der Waals surface area contributed by atoms with Crippen LogP contribution < -0.4 is 5.32 Å². The molecule has 1 unspecified atom stereocenters. The van der Waals surface area contributed by atoms with Crippen molar-refractivity contribution in [1.29, 1.82) is 0 Å². The van der Waals surface area contributed by atoms with Crippen LogP contribution in [-0.2, 0) is 7.05 Å². The number of aliphatic hydroxyl groups is 1. The van der Waals surface area contributed by atoms with Gasteiger partial charge in [0.1, 0.15) is 6.33 Å². The molecule has 5 nitrogen and oxygen atoms in total. The Kier molecular flexibility index (Phi) is 3.51. The number of hydrogen-bond donors (Lipinski definition) is 2. The number of nitrogens with one attached hydrogen (secondary N) is 1. The summed E-state index contributed by atoms with van der Waals surface area (Å²) < 4.78 is 1.90. The van der Waals surface area contributed by atoms with Gasteiger partial charge in [-0.1, -0.05) is 11.8 Å². The van der Waals surface area contributed by atoms with Crippen LogP contribution in [0.3, 0.4) is 0 Å². The molecule has 1 aliphatic rings. The lowest BCUT2D eigenvalue weighted by Gasteiger charge is -2.31. The zero-order valence-electron chi connectivity index (χ0n) is 9.68. The van der Waals surface area contributed by atoms with E-state index in [1.165, 1.54) is 12.8 Å². The minimum Gasteiger partial charge on any atom is -0.394 e. The number of rotatable bonds is 6. The Bertz CT molecular complexity index is 346. The van der Waals surface area contributed by atoms with Gasteiger partial charge in [-0.15, -0.1) is 10.2 Å². The highest BCUT2D eigenvalue weighted by Gasteiger charge is 2.43. The molecule has 1 saturated carbocycles. The molecule has 0 spiro atoms. The predicted octanol–water partition coefficient (Wildman–Crippen LogP) is 0.268. The van der Waals surface area contributed by atoms with Gasteiger partial charge in [0, 0.05) is 12.8 Å². The zero-order valence-corrected chi connectivity index (χ0v) is 10.5. The van der Waals surface area contributed by atoms with Crippen LogP contribution in [0.15, 0.2) is 11.5 Å². The van der Waals surface area contributed by atoms with Gasteiger partial charge in [0.15, 0.2) is 5.16 Å². The van der Waals surface area contributed by atoms with E-state index in [1.54, 1.807) is 18.1 Å². The van der Waals surface area contributed by atoms with Crippen molar-refractivity contribution in [2.45, 2.75) is 23.5 Å². The second kappa shape index (κ2) is 4.73. The summed E-state index contributed by atoms with van der Waals surface area (Å²) in [6.45, 7) is 0.180. The zero-order chi connectivity index (χ0) is 11.6. The molecule has 16 heavy (non-hydrogen) atoms. The molecule has 2 N–H and O–H groups in total. The third-order valence-electron chi connectivity index (χ3n) is 3.27. The second-order valence-electron chi connectivity index (χ2n) is 4.35. The first-order valence-corrected chi connectivity index (χ1v) is 6.47. The molecule has 0 saturated heterocycles. The Labute approximate surface area is 99.6 Å². The van der Waals surface area contributed by atoms with Crippen molar-refractivity contribution in [2.75, 3.05) is 19.4 Å². The second-order valence-corrected chi connectivity index (χ2v) is 5.29. The minimum absolute atomic E-state index is 0.156. The molecule has 0 radical (unpaired) electrons. The molecule has 90 valence electrons. The smallest absolute Gasteiger partial charge is 0.190 e. The van der Waals surface area contributed by atoms with Crippen molar-refractivity contribution in [1.82, 2.24) is 20.1 Å². The Balaban J connectivity index is 1.99. The van der Waals surface area contributed by atoms with Crippen molar-refractivity contribution in [3.63, 3.8) is 0 Å². The van der Waals surface area contributed by atoms with E-state index in [9.17, 15) is 5.11 Å². The van der Waals surface area contributed by atoms with Crippen LogP contribution in [0.4, 0.5) is 0 Å². The summed E-state index contributed by atoms with van der Waals surface area (Å²) in [5.74, 6) is 1.43. The molecule has 0 amide bonds. The lowest BCUT2D eigenvalue weighted by molar-refractivity contribution is 0.167. The fourth-order valence-electron chi connectivity index (χ4n) is 1.88. The van der Waals surface area contributed by atoms with Crippen molar-refractivity contribution in [3.8, 4) is 0 Å². The molecule has 0 bridgehead atoms. The summed E-state index contributed by atoms with van der Waals surface area (Å²) in [6, 6.07) is 0. The third kappa shape index (κ3) is 2.23. The Morgan fingerprint density at radius 2 is 2.44 bits per heavy atom. The van der Waals surface area contributed by atoms with Gasteiger partial charge in [-0.25, -0.2) is 0 Å². The number of likely N-dealkylation sites (N-methyl/N-ethyl adjacent to an activating group) is 1. The average molecular weight is 242 g/mol. The maximum atomic E-state index is 9.57. The topological polar surface area (TPSA) is 63.0 Å². The van der Waals surface area contributed by atoms with E-state index in [0.29, 0.717) is 5.92 Å². The SMILES string of the molecule is CNC(CO)(CSc1nncn1C)C1CC1. The predicted molar refractivity (Wildman–Crippen MR) is 63.3 cm³/mol. The van der Waals surface area contributed by atoms with Gasteiger partial charge in [-0.2, -0.15) is 0 Å². The molecule has 1 atom stereocenters. The fraction of sp³-hybridized carbons (Fsp3) is 0.800. The van der Waals surface area contributed by atoms with Gasteiger partial charge < -0.3 is 15.0 Å². The van der Waals surface area contributed by atoms with Crippen LogP contribution >= 0.6 is 11.8 Å². The van der Waals surface area contributed by atoms with Crippen LogP contribution in [0.25, 0.3) is 0 Å². The molecule has 1 aromatic heterocycles. The van der Waals surface area contributed by atoms with Gasteiger partial charge in [0.05, 0.1) is 12.1 Å². The van der Waals surface area contributed by atoms with Crippen LogP contribution in [0, 0.1) is 5.92 Å². The fourth-order valence-corrected chi connectivity index (χ4v) is 3.09. The molecule has 1 heterocycles. The summed E-state index contributed by atoms with van der Waals surface area (Å²) in [6.07, 6.45) is 4.11. The van der Waals surface area contributed by atoms with Crippen molar-refractivity contribution in [3.05, 3.63) is 6.33 Å². The minimum atomic E-state index is -0.156. The van der Waals surface area contributed by atoms with Crippen LogP contribution in [-0.4, -0.2) is 44.8 Å². The van der Waals surface area contributed by atoms with Gasteiger partial charge in [0.25, 0.3) is 0 Å². The molecular formula is C10H18N4OS. The summed E-state index contributed by atoms with van der Waals surface area (Å²) in [7, 11) is 3.85. The highest BCUT2D eigenvalue weighted by molar-refractivity contribution is 7.99. The molecule has 1 aromatic rings. The number of aryl methyl sites for hydroxylation is 1. The van der Waals surface area contributed by atoms with E-state index >= 15 is 0 Å². The highest BCUT2D eigenvalue weighted by atomic mass is 32.2. The Morgan fingerprint density at radius 1 is 1.69 bits per heavy atom. The first-order valence-electron chi connectivity index (χ1n) is 5.48. The summed E-state index contributed by atoms with van der Waals surface area (Å²) >= 11 is 1.64. The van der Waals surface area contributed by atoms with Crippen LogP contribution in [0.1, 0.15) is 12.8 Å². The van der Waals surface area contributed by atoms with E-state index in [4.69, 9.17) is 0 Å². The molecule has 0 aliphatic heterocycles. The maximum absolute atomic E-state index is 9.57. The highest BCUT2D eigenvalue weighted by Crippen LogP contribution is 2.41. The molecule has 1 aliphatic carbocycles. The molecule has 1 fully saturated rings. The number of aliphatic hydroxyl groups excluding tert-OH is 1. The first kappa shape index (κ1) is 11.9. The molecule has 2 rings (SSSR count). The molecule has 0 aromatic carbocycles. The number of nitrogens with zero attached hydrogens (tertiary/aromatic N) is 3. The summed E-state index contributed by atoms with van der Waals surface area (Å²) in [5.41, 5.74) is -0.156. The van der Waals surface area contributed by atoms with E-state index < -0.39 is 0 Å². The van der Waals surface area contributed by atoms with Gasteiger partial charge in [-0.05, 0) is 25.8 Å². The van der Waals surface area contributed by atoms with E-state index in [1.807, 2.05) is 18.7 Å². The molecular weight excluding hydrogens is 224 g/mol. The lowest BCUT2D eigenvalue weighted by Crippen LogP contribution is -2.51. The summed E-state index contributed by atoms with van der Waals surface area (Å²) in [4.78, 5) is 0. The average Bonchev–Trinajstić information content (AvgIpc) is 3.07. The standard InChI is InChI=1S/C10H18N4OS/c1-11-10(5-15,8-3-4-8)6-16-9-13-12-7-14(9)2/h7-8,11,15H,3-6H2,1-2H3. The lowest BCUT2D eigenvalue weighted by atomic mass is 9.97. The van der Waals surface area contributed by atoms with Gasteiger partial charge in [-0.3, -0.25) is 0 Å². The number of thioether (sulfide) groups is 1. The largest absolute Gasteiger partial charge is 0.394 e. The maximum Gasteiger partial charge on any atom is 0.190 e.